The molecule has 2 rings (SSSR count). The lowest BCUT2D eigenvalue weighted by Gasteiger charge is -2.31. The number of carbonyl (C=O) groups is 2. The van der Waals surface area contributed by atoms with Crippen molar-refractivity contribution in [1.29, 1.82) is 0 Å². The second-order valence-corrected chi connectivity index (χ2v) is 10.8. The monoisotopic (exact) mass is 423 g/mol. The van der Waals surface area contributed by atoms with Crippen LogP contribution in [0.5, 0.6) is 0 Å². The van der Waals surface area contributed by atoms with Gasteiger partial charge in [0.25, 0.3) is 5.91 Å². The van der Waals surface area contributed by atoms with Crippen LogP contribution in [-0.4, -0.2) is 48.6 Å². The summed E-state index contributed by atoms with van der Waals surface area (Å²) in [6, 6.07) is 4.84. The molecule has 0 aliphatic heterocycles. The third-order valence-electron chi connectivity index (χ3n) is 5.81. The van der Waals surface area contributed by atoms with Crippen LogP contribution < -0.4 is 0 Å². The van der Waals surface area contributed by atoms with Crippen LogP contribution in [0.4, 0.5) is 0 Å². The van der Waals surface area contributed by atoms with Gasteiger partial charge in [-0.3, -0.25) is 9.59 Å². The van der Waals surface area contributed by atoms with Crippen molar-refractivity contribution in [3.63, 3.8) is 0 Å². The smallest absolute Gasteiger partial charge is 0.328 e. The van der Waals surface area contributed by atoms with E-state index in [0.29, 0.717) is 12.8 Å². The first kappa shape index (κ1) is 23.4. The van der Waals surface area contributed by atoms with Crippen molar-refractivity contribution < 1.29 is 22.7 Å². The van der Waals surface area contributed by atoms with Crippen molar-refractivity contribution in [2.75, 3.05) is 6.61 Å². The Balaban J connectivity index is 2.29. The third kappa shape index (κ3) is 4.49. The van der Waals surface area contributed by atoms with Crippen LogP contribution >= 0.6 is 0 Å². The molecule has 0 spiro atoms. The zero-order valence-electron chi connectivity index (χ0n) is 18.3. The van der Waals surface area contributed by atoms with Crippen LogP contribution in [0.2, 0.25) is 0 Å². The number of hydrogen-bond donors (Lipinski definition) is 0. The molecule has 0 bridgehead atoms. The molecule has 0 unspecified atom stereocenters. The number of sulfone groups is 1. The highest BCUT2D eigenvalue weighted by Crippen LogP contribution is 2.41. The summed E-state index contributed by atoms with van der Waals surface area (Å²) in [4.78, 5) is 27.4. The normalized spacial score (nSPS) is 16.3. The molecule has 0 atom stereocenters. The van der Waals surface area contributed by atoms with Crippen LogP contribution in [0.25, 0.3) is 0 Å². The lowest BCUT2D eigenvalue weighted by Crippen LogP contribution is -2.48. The quantitative estimate of drug-likeness (QED) is 0.626. The van der Waals surface area contributed by atoms with E-state index < -0.39 is 27.2 Å². The molecule has 0 N–H and O–H groups in total. The zero-order chi connectivity index (χ0) is 22.0. The van der Waals surface area contributed by atoms with Crippen molar-refractivity contribution in [3.05, 3.63) is 29.3 Å². The highest BCUT2D eigenvalue weighted by atomic mass is 32.2. The molecule has 1 aliphatic rings. The van der Waals surface area contributed by atoms with Crippen molar-refractivity contribution >= 4 is 21.7 Å². The van der Waals surface area contributed by atoms with Crippen LogP contribution in [0.3, 0.4) is 0 Å². The van der Waals surface area contributed by atoms with Crippen molar-refractivity contribution in [1.82, 2.24) is 4.90 Å². The molecule has 6 nitrogen and oxygen atoms in total. The number of amides is 1. The minimum Gasteiger partial charge on any atom is -0.454 e. The number of aryl methyl sites for hydroxylation is 2. The Labute approximate surface area is 174 Å². The number of carbonyl (C=O) groups excluding carboxylic acids is 2. The summed E-state index contributed by atoms with van der Waals surface area (Å²) >= 11 is 0. The van der Waals surface area contributed by atoms with Gasteiger partial charge in [0.2, 0.25) is 0 Å². The molecule has 29 heavy (non-hydrogen) atoms. The second kappa shape index (κ2) is 8.86. The number of benzene rings is 1. The first-order valence-corrected chi connectivity index (χ1v) is 11.7. The molecular weight excluding hydrogens is 390 g/mol. The van der Waals surface area contributed by atoms with E-state index in [2.05, 4.69) is 0 Å². The number of nitrogens with zero attached hydrogens (tertiary/aromatic N) is 1. The first-order chi connectivity index (χ1) is 13.4. The third-order valence-corrected chi connectivity index (χ3v) is 8.29. The molecule has 0 radical (unpaired) electrons. The molecule has 1 amide bonds. The molecule has 0 heterocycles. The van der Waals surface area contributed by atoms with Gasteiger partial charge in [0.1, 0.15) is 0 Å². The van der Waals surface area contributed by atoms with Gasteiger partial charge < -0.3 is 9.64 Å². The average Bonchev–Trinajstić information content (AvgIpc) is 3.13. The topological polar surface area (TPSA) is 80.7 Å². The first-order valence-electron chi connectivity index (χ1n) is 10.2. The summed E-state index contributed by atoms with van der Waals surface area (Å²) < 4.78 is 30.6. The van der Waals surface area contributed by atoms with E-state index >= 15 is 0 Å². The minimum atomic E-state index is -3.94. The molecule has 0 aromatic heterocycles. The van der Waals surface area contributed by atoms with E-state index in [9.17, 15) is 18.0 Å². The van der Waals surface area contributed by atoms with Gasteiger partial charge in [-0.25, -0.2) is 8.42 Å². The van der Waals surface area contributed by atoms with Gasteiger partial charge in [-0.05, 0) is 77.6 Å². The number of rotatable bonds is 7. The van der Waals surface area contributed by atoms with Gasteiger partial charge in [0, 0.05) is 12.1 Å². The van der Waals surface area contributed by atoms with E-state index in [1.54, 1.807) is 23.1 Å². The predicted octanol–water partition coefficient (Wildman–Crippen LogP) is 3.58. The van der Waals surface area contributed by atoms with Gasteiger partial charge in [0.15, 0.2) is 21.2 Å². The molecule has 1 aromatic rings. The molecular formula is C22H33NO5S. The number of ether oxygens (including phenoxy) is 1. The van der Waals surface area contributed by atoms with Crippen molar-refractivity contribution in [2.45, 2.75) is 89.0 Å². The highest BCUT2D eigenvalue weighted by Gasteiger charge is 2.54. The van der Waals surface area contributed by atoms with Crippen LogP contribution in [-0.2, 0) is 24.2 Å². The van der Waals surface area contributed by atoms with Crippen molar-refractivity contribution in [2.24, 2.45) is 0 Å². The Morgan fingerprint density at radius 3 is 2.07 bits per heavy atom. The van der Waals surface area contributed by atoms with E-state index in [1.165, 1.54) is 0 Å². The fraction of sp³-hybridized carbons (Fsp3) is 0.636. The summed E-state index contributed by atoms with van der Waals surface area (Å²) in [5, 5.41) is 0. The molecule has 7 heteroatoms. The molecule has 0 saturated heterocycles. The predicted molar refractivity (Wildman–Crippen MR) is 112 cm³/mol. The van der Waals surface area contributed by atoms with Gasteiger partial charge in [0.05, 0.1) is 4.90 Å². The molecule has 162 valence electrons. The fourth-order valence-electron chi connectivity index (χ4n) is 4.14. The number of hydrogen-bond acceptors (Lipinski definition) is 5. The zero-order valence-corrected chi connectivity index (χ0v) is 19.1. The minimum absolute atomic E-state index is 0.0408. The van der Waals surface area contributed by atoms with Crippen molar-refractivity contribution in [3.8, 4) is 0 Å². The average molecular weight is 424 g/mol. The molecule has 1 fully saturated rings. The second-order valence-electron chi connectivity index (χ2n) is 8.52. The highest BCUT2D eigenvalue weighted by molar-refractivity contribution is 7.93. The van der Waals surface area contributed by atoms with Gasteiger partial charge in [-0.2, -0.15) is 0 Å². The molecule has 1 saturated carbocycles. The van der Waals surface area contributed by atoms with E-state index in [-0.39, 0.29) is 35.7 Å². The maximum Gasteiger partial charge on any atom is 0.328 e. The summed E-state index contributed by atoms with van der Waals surface area (Å²) in [7, 11) is -3.94. The SMILES string of the molecule is Cc1ccc(S(=O)(=O)C2(C(=O)OCC(=O)N(C(C)C)C(C)C)CCCC2)cc1C. The van der Waals surface area contributed by atoms with Crippen LogP contribution in [0, 0.1) is 13.8 Å². The van der Waals surface area contributed by atoms with Gasteiger partial charge >= 0.3 is 5.97 Å². The van der Waals surface area contributed by atoms with Crippen LogP contribution in [0.1, 0.15) is 64.5 Å². The Morgan fingerprint density at radius 2 is 1.59 bits per heavy atom. The fourth-order valence-corrected chi connectivity index (χ4v) is 6.28. The standard InChI is InChI=1S/C22H33NO5S/c1-15(2)23(16(3)4)20(24)14-28-21(25)22(11-7-8-12-22)29(26,27)19-10-9-17(5)18(6)13-19/h9-10,13,15-16H,7-8,11-12,14H2,1-6H3. The van der Waals surface area contributed by atoms with E-state index in [0.717, 1.165) is 11.1 Å². The Hall–Kier alpha value is -1.89. The Kier molecular flexibility index (Phi) is 7.14. The molecule has 1 aliphatic carbocycles. The van der Waals surface area contributed by atoms with Gasteiger partial charge in [-0.15, -0.1) is 0 Å². The summed E-state index contributed by atoms with van der Waals surface area (Å²) in [5.41, 5.74) is 1.84. The van der Waals surface area contributed by atoms with Gasteiger partial charge in [-0.1, -0.05) is 18.9 Å². The Morgan fingerprint density at radius 1 is 1.03 bits per heavy atom. The maximum atomic E-state index is 13.5. The lowest BCUT2D eigenvalue weighted by molar-refractivity contribution is -0.155. The summed E-state index contributed by atoms with van der Waals surface area (Å²) in [6.45, 7) is 10.9. The maximum absolute atomic E-state index is 13.5. The Bertz CT molecular complexity index is 859. The van der Waals surface area contributed by atoms with Crippen LogP contribution in [0.15, 0.2) is 23.1 Å². The van der Waals surface area contributed by atoms with E-state index in [4.69, 9.17) is 4.74 Å². The largest absolute Gasteiger partial charge is 0.454 e. The summed E-state index contributed by atoms with van der Waals surface area (Å²) in [5.74, 6) is -1.13. The summed E-state index contributed by atoms with van der Waals surface area (Å²) in [6.07, 6.45) is 1.70. The van der Waals surface area contributed by atoms with E-state index in [1.807, 2.05) is 41.5 Å². The number of esters is 1. The lowest BCUT2D eigenvalue weighted by atomic mass is 10.1. The molecule has 1 aromatic carbocycles.